The van der Waals surface area contributed by atoms with Crippen molar-refractivity contribution in [1.29, 1.82) is 0 Å². The lowest BCUT2D eigenvalue weighted by molar-refractivity contribution is 0.0157. The number of ether oxygens (including phenoxy) is 1. The van der Waals surface area contributed by atoms with Gasteiger partial charge in [0.05, 0.1) is 11.0 Å². The predicted molar refractivity (Wildman–Crippen MR) is 100 cm³/mol. The Morgan fingerprint density at radius 2 is 2.00 bits per heavy atom. The van der Waals surface area contributed by atoms with Crippen LogP contribution < -0.4 is 0 Å². The second kappa shape index (κ2) is 7.09. The number of aromatic nitrogens is 2. The smallest absolute Gasteiger partial charge is 0.410 e. The first kappa shape index (κ1) is 18.4. The number of fused-ring (bicyclic) bond motifs is 1. The molecule has 2 aromatic rings. The van der Waals surface area contributed by atoms with Crippen molar-refractivity contribution in [2.75, 3.05) is 13.1 Å². The molecular formula is C20H27N3O3. The first-order valence-corrected chi connectivity index (χ1v) is 9.19. The first-order valence-electron chi connectivity index (χ1n) is 9.19. The van der Waals surface area contributed by atoms with Crippen molar-refractivity contribution in [3.63, 3.8) is 0 Å². The lowest BCUT2D eigenvalue weighted by Crippen LogP contribution is -2.43. The molecule has 0 bridgehead atoms. The third-order valence-electron chi connectivity index (χ3n) is 4.58. The summed E-state index contributed by atoms with van der Waals surface area (Å²) >= 11 is 0. The fourth-order valence-corrected chi connectivity index (χ4v) is 3.49. The highest BCUT2D eigenvalue weighted by atomic mass is 16.6. The molecule has 6 heteroatoms. The van der Waals surface area contributed by atoms with E-state index in [2.05, 4.69) is 4.98 Å². The highest BCUT2D eigenvalue weighted by Crippen LogP contribution is 2.24. The summed E-state index contributed by atoms with van der Waals surface area (Å²) in [7, 11) is 0. The summed E-state index contributed by atoms with van der Waals surface area (Å²) in [6, 6.07) is 7.79. The quantitative estimate of drug-likeness (QED) is 0.782. The van der Waals surface area contributed by atoms with E-state index in [9.17, 15) is 9.59 Å². The number of carbonyl (C=O) groups excluding carboxylic acids is 2. The molecule has 1 fully saturated rings. The van der Waals surface area contributed by atoms with Gasteiger partial charge in [-0.1, -0.05) is 12.1 Å². The topological polar surface area (TPSA) is 64.4 Å². The fourth-order valence-electron chi connectivity index (χ4n) is 3.49. The van der Waals surface area contributed by atoms with E-state index in [1.165, 1.54) is 0 Å². The Balaban J connectivity index is 1.79. The zero-order chi connectivity index (χ0) is 18.9. The lowest BCUT2D eigenvalue weighted by atomic mass is 9.98. The number of benzene rings is 1. The largest absolute Gasteiger partial charge is 0.444 e. The Morgan fingerprint density at radius 1 is 1.27 bits per heavy atom. The number of nitrogens with zero attached hydrogens (tertiary/aromatic N) is 3. The number of Topliss-reactive ketones (excluding diaryl/α,β-unsaturated/α-hetero) is 1. The van der Waals surface area contributed by atoms with E-state index in [1.807, 2.05) is 49.6 Å². The van der Waals surface area contributed by atoms with Crippen molar-refractivity contribution in [3.8, 4) is 0 Å². The number of rotatable bonds is 3. The van der Waals surface area contributed by atoms with Crippen molar-refractivity contribution >= 4 is 22.9 Å². The Labute approximate surface area is 154 Å². The standard InChI is InChI=1S/C20H27N3O3/c1-14(24)18-21-16-9-5-6-10-17(16)23(18)13-15-8-7-11-22(12-15)19(25)26-20(2,3)4/h5-6,9-10,15H,7-8,11-13H2,1-4H3/t15-/m1/s1. The summed E-state index contributed by atoms with van der Waals surface area (Å²) in [6.45, 7) is 9.21. The second-order valence-electron chi connectivity index (χ2n) is 8.03. The molecule has 1 atom stereocenters. The zero-order valence-corrected chi connectivity index (χ0v) is 16.0. The summed E-state index contributed by atoms with van der Waals surface area (Å²) in [5, 5.41) is 0. The molecule has 0 aliphatic carbocycles. The minimum absolute atomic E-state index is 0.0407. The van der Waals surface area contributed by atoms with Crippen LogP contribution in [-0.4, -0.2) is 45.0 Å². The van der Waals surface area contributed by atoms with Gasteiger partial charge in [-0.15, -0.1) is 0 Å². The molecule has 1 aromatic heterocycles. The third kappa shape index (κ3) is 4.06. The zero-order valence-electron chi connectivity index (χ0n) is 16.0. The van der Waals surface area contributed by atoms with Crippen molar-refractivity contribution < 1.29 is 14.3 Å². The molecule has 1 aliphatic rings. The van der Waals surface area contributed by atoms with Crippen molar-refractivity contribution in [3.05, 3.63) is 30.1 Å². The van der Waals surface area contributed by atoms with Gasteiger partial charge in [-0.05, 0) is 51.7 Å². The Hall–Kier alpha value is -2.37. The molecule has 0 saturated carbocycles. The molecule has 0 unspecified atom stereocenters. The highest BCUT2D eigenvalue weighted by Gasteiger charge is 2.28. The maximum absolute atomic E-state index is 12.4. The van der Waals surface area contributed by atoms with E-state index in [0.717, 1.165) is 30.4 Å². The summed E-state index contributed by atoms with van der Waals surface area (Å²) in [6.07, 6.45) is 1.69. The molecule has 26 heavy (non-hydrogen) atoms. The maximum Gasteiger partial charge on any atom is 0.410 e. The summed E-state index contributed by atoms with van der Waals surface area (Å²) in [5.74, 6) is 0.716. The number of likely N-dealkylation sites (tertiary alicyclic amines) is 1. The van der Waals surface area contributed by atoms with E-state index >= 15 is 0 Å². The van der Waals surface area contributed by atoms with Crippen LogP contribution in [0, 0.1) is 5.92 Å². The summed E-state index contributed by atoms with van der Waals surface area (Å²) in [4.78, 5) is 30.7. The minimum atomic E-state index is -0.494. The molecular weight excluding hydrogens is 330 g/mol. The van der Waals surface area contributed by atoms with Crippen LogP contribution in [0.5, 0.6) is 0 Å². The van der Waals surface area contributed by atoms with Gasteiger partial charge in [0.15, 0.2) is 11.6 Å². The highest BCUT2D eigenvalue weighted by molar-refractivity contribution is 5.94. The van der Waals surface area contributed by atoms with Gasteiger partial charge < -0.3 is 14.2 Å². The van der Waals surface area contributed by atoms with Crippen molar-refractivity contribution in [2.45, 2.75) is 52.7 Å². The average Bonchev–Trinajstić information content (AvgIpc) is 2.93. The molecule has 0 N–H and O–H groups in total. The second-order valence-corrected chi connectivity index (χ2v) is 8.03. The summed E-state index contributed by atoms with van der Waals surface area (Å²) in [5.41, 5.74) is 1.30. The van der Waals surface area contributed by atoms with E-state index in [-0.39, 0.29) is 17.8 Å². The Morgan fingerprint density at radius 3 is 2.69 bits per heavy atom. The number of para-hydroxylation sites is 2. The fraction of sp³-hybridized carbons (Fsp3) is 0.550. The van der Waals surface area contributed by atoms with E-state index in [1.54, 1.807) is 11.8 Å². The van der Waals surface area contributed by atoms with Gasteiger partial charge in [-0.2, -0.15) is 0 Å². The first-order chi connectivity index (χ1) is 12.2. The van der Waals surface area contributed by atoms with Crippen LogP contribution >= 0.6 is 0 Å². The number of carbonyl (C=O) groups is 2. The molecule has 0 spiro atoms. The molecule has 6 nitrogen and oxygen atoms in total. The molecule has 3 rings (SSSR count). The van der Waals surface area contributed by atoms with Crippen LogP contribution in [0.25, 0.3) is 11.0 Å². The van der Waals surface area contributed by atoms with Crippen LogP contribution in [0.2, 0.25) is 0 Å². The molecule has 2 heterocycles. The van der Waals surface area contributed by atoms with Crippen LogP contribution in [0.15, 0.2) is 24.3 Å². The molecule has 1 saturated heterocycles. The monoisotopic (exact) mass is 357 g/mol. The van der Waals surface area contributed by atoms with E-state index in [4.69, 9.17) is 4.74 Å². The number of imidazole rings is 1. The van der Waals surface area contributed by atoms with Gasteiger partial charge in [0.1, 0.15) is 5.60 Å². The minimum Gasteiger partial charge on any atom is -0.444 e. The van der Waals surface area contributed by atoms with Crippen molar-refractivity contribution in [2.24, 2.45) is 5.92 Å². The molecule has 1 aromatic carbocycles. The summed E-state index contributed by atoms with van der Waals surface area (Å²) < 4.78 is 7.51. The predicted octanol–water partition coefficient (Wildman–Crippen LogP) is 3.89. The van der Waals surface area contributed by atoms with Crippen LogP contribution in [-0.2, 0) is 11.3 Å². The van der Waals surface area contributed by atoms with Gasteiger partial charge in [0.25, 0.3) is 0 Å². The SMILES string of the molecule is CC(=O)c1nc2ccccc2n1C[C@@H]1CCCN(C(=O)OC(C)(C)C)C1. The maximum atomic E-state index is 12.4. The number of ketones is 1. The Kier molecular flexibility index (Phi) is 5.03. The third-order valence-corrected chi connectivity index (χ3v) is 4.58. The number of hydrogen-bond donors (Lipinski definition) is 0. The molecule has 1 amide bonds. The normalized spacial score (nSPS) is 18.2. The Bertz CT molecular complexity index is 819. The number of piperidine rings is 1. The van der Waals surface area contributed by atoms with Crippen LogP contribution in [0.1, 0.15) is 51.2 Å². The average molecular weight is 357 g/mol. The molecule has 140 valence electrons. The van der Waals surface area contributed by atoms with E-state index in [0.29, 0.717) is 18.9 Å². The number of hydrogen-bond acceptors (Lipinski definition) is 4. The van der Waals surface area contributed by atoms with E-state index < -0.39 is 5.60 Å². The lowest BCUT2D eigenvalue weighted by Gasteiger charge is -2.34. The number of amides is 1. The molecule has 1 aliphatic heterocycles. The van der Waals surface area contributed by atoms with Gasteiger partial charge in [0.2, 0.25) is 0 Å². The molecule has 0 radical (unpaired) electrons. The van der Waals surface area contributed by atoms with Gasteiger partial charge in [-0.3, -0.25) is 4.79 Å². The van der Waals surface area contributed by atoms with Gasteiger partial charge in [0, 0.05) is 26.6 Å². The van der Waals surface area contributed by atoms with Gasteiger partial charge >= 0.3 is 6.09 Å². The van der Waals surface area contributed by atoms with Gasteiger partial charge in [-0.25, -0.2) is 9.78 Å². The van der Waals surface area contributed by atoms with Crippen LogP contribution in [0.3, 0.4) is 0 Å². The van der Waals surface area contributed by atoms with Crippen molar-refractivity contribution in [1.82, 2.24) is 14.5 Å². The van der Waals surface area contributed by atoms with Crippen LogP contribution in [0.4, 0.5) is 4.79 Å².